The molecule has 1 N–H and O–H groups in total. The van der Waals surface area contributed by atoms with Crippen LogP contribution in [0.1, 0.15) is 5.56 Å². The molecular formula is C17H24O7. The highest BCUT2D eigenvalue weighted by atomic mass is 16.7. The lowest BCUT2D eigenvalue weighted by Crippen LogP contribution is -2.45. The van der Waals surface area contributed by atoms with E-state index in [2.05, 4.69) is 0 Å². The number of ether oxygens (including phenoxy) is 6. The SMILES string of the molecule is COCO[C@@H]1[C@@H](OCOC)[C@@H]2O[C@]2(CO)[C@H]1OCc1ccccc1. The Labute approximate surface area is 141 Å². The third kappa shape index (κ3) is 3.34. The fraction of sp³-hybridized carbons (Fsp3) is 0.647. The second-order valence-corrected chi connectivity index (χ2v) is 5.94. The summed E-state index contributed by atoms with van der Waals surface area (Å²) in [7, 11) is 3.11. The Balaban J connectivity index is 1.72. The molecule has 1 aliphatic heterocycles. The van der Waals surface area contributed by atoms with E-state index < -0.39 is 17.8 Å². The molecule has 1 saturated heterocycles. The summed E-state index contributed by atoms with van der Waals surface area (Å²) in [6.07, 6.45) is -1.52. The monoisotopic (exact) mass is 340 g/mol. The zero-order valence-electron chi connectivity index (χ0n) is 13.9. The van der Waals surface area contributed by atoms with Crippen molar-refractivity contribution in [3.63, 3.8) is 0 Å². The lowest BCUT2D eigenvalue weighted by Gasteiger charge is -2.29. The lowest BCUT2D eigenvalue weighted by atomic mass is 10.1. The first-order chi connectivity index (χ1) is 11.8. The highest BCUT2D eigenvalue weighted by Crippen LogP contribution is 2.53. The maximum absolute atomic E-state index is 9.84. The summed E-state index contributed by atoms with van der Waals surface area (Å²) in [4.78, 5) is 0. The van der Waals surface area contributed by atoms with Crippen molar-refractivity contribution in [1.29, 1.82) is 0 Å². The summed E-state index contributed by atoms with van der Waals surface area (Å²) in [5, 5.41) is 9.84. The van der Waals surface area contributed by atoms with Gasteiger partial charge in [0.15, 0.2) is 0 Å². The first-order valence-corrected chi connectivity index (χ1v) is 7.92. The molecule has 24 heavy (non-hydrogen) atoms. The predicted octanol–water partition coefficient (Wildman–Crippen LogP) is 0.694. The van der Waals surface area contributed by atoms with Gasteiger partial charge in [0, 0.05) is 14.2 Å². The van der Waals surface area contributed by atoms with Gasteiger partial charge in [-0.15, -0.1) is 0 Å². The van der Waals surface area contributed by atoms with Gasteiger partial charge in [-0.2, -0.15) is 0 Å². The highest BCUT2D eigenvalue weighted by Gasteiger charge is 2.75. The zero-order chi connectivity index (χ0) is 17.0. The van der Waals surface area contributed by atoms with Crippen molar-refractivity contribution in [3.05, 3.63) is 35.9 Å². The molecule has 0 spiro atoms. The smallest absolute Gasteiger partial charge is 0.149 e. The van der Waals surface area contributed by atoms with Crippen molar-refractivity contribution >= 4 is 0 Å². The van der Waals surface area contributed by atoms with Crippen molar-refractivity contribution < 1.29 is 33.5 Å². The minimum atomic E-state index is -0.786. The number of hydrogen-bond acceptors (Lipinski definition) is 7. The third-order valence-corrected chi connectivity index (χ3v) is 4.45. The van der Waals surface area contributed by atoms with Gasteiger partial charge in [-0.3, -0.25) is 0 Å². The van der Waals surface area contributed by atoms with Crippen LogP contribution >= 0.6 is 0 Å². The Bertz CT molecular complexity index is 511. The predicted molar refractivity (Wildman–Crippen MR) is 83.2 cm³/mol. The van der Waals surface area contributed by atoms with E-state index in [0.29, 0.717) is 6.61 Å². The fourth-order valence-electron chi connectivity index (χ4n) is 3.27. The minimum absolute atomic E-state index is 0.108. The summed E-state index contributed by atoms with van der Waals surface area (Å²) in [5.74, 6) is 0. The van der Waals surface area contributed by atoms with Crippen LogP contribution < -0.4 is 0 Å². The van der Waals surface area contributed by atoms with Crippen molar-refractivity contribution in [2.24, 2.45) is 0 Å². The number of fused-ring (bicyclic) bond motifs is 1. The van der Waals surface area contributed by atoms with Gasteiger partial charge in [0.1, 0.15) is 43.6 Å². The molecule has 0 bridgehead atoms. The number of hydrogen-bond donors (Lipinski definition) is 1. The van der Waals surface area contributed by atoms with E-state index in [1.54, 1.807) is 14.2 Å². The number of benzene rings is 1. The van der Waals surface area contributed by atoms with Crippen LogP contribution in [0.4, 0.5) is 0 Å². The molecule has 7 nitrogen and oxygen atoms in total. The molecule has 1 saturated carbocycles. The topological polar surface area (TPSA) is 78.9 Å². The average Bonchev–Trinajstić information content (AvgIpc) is 3.30. The van der Waals surface area contributed by atoms with Crippen LogP contribution in [0.5, 0.6) is 0 Å². The molecule has 134 valence electrons. The average molecular weight is 340 g/mol. The summed E-state index contributed by atoms with van der Waals surface area (Å²) in [5.41, 5.74) is 0.250. The van der Waals surface area contributed by atoms with Gasteiger partial charge in [0.05, 0.1) is 13.2 Å². The third-order valence-electron chi connectivity index (χ3n) is 4.45. The molecule has 0 radical (unpaired) electrons. The molecule has 2 fully saturated rings. The van der Waals surface area contributed by atoms with E-state index in [9.17, 15) is 5.11 Å². The van der Waals surface area contributed by atoms with E-state index in [-0.39, 0.29) is 32.4 Å². The van der Waals surface area contributed by atoms with Gasteiger partial charge in [-0.05, 0) is 5.56 Å². The van der Waals surface area contributed by atoms with E-state index >= 15 is 0 Å². The second-order valence-electron chi connectivity index (χ2n) is 5.94. The van der Waals surface area contributed by atoms with Crippen LogP contribution in [0, 0.1) is 0 Å². The summed E-state index contributed by atoms with van der Waals surface area (Å²) in [6, 6.07) is 9.82. The lowest BCUT2D eigenvalue weighted by molar-refractivity contribution is -0.203. The van der Waals surface area contributed by atoms with Gasteiger partial charge in [0.25, 0.3) is 0 Å². The van der Waals surface area contributed by atoms with Gasteiger partial charge < -0.3 is 33.5 Å². The maximum Gasteiger partial charge on any atom is 0.149 e. The van der Waals surface area contributed by atoms with E-state index in [4.69, 9.17) is 28.4 Å². The number of methoxy groups -OCH3 is 2. The fourth-order valence-corrected chi connectivity index (χ4v) is 3.27. The molecule has 0 unspecified atom stereocenters. The summed E-state index contributed by atoms with van der Waals surface area (Å²) >= 11 is 0. The Kier molecular flexibility index (Phi) is 5.83. The zero-order valence-corrected chi connectivity index (χ0v) is 13.9. The molecule has 2 aliphatic rings. The Morgan fingerprint density at radius 2 is 1.67 bits per heavy atom. The molecule has 0 aromatic heterocycles. The summed E-state index contributed by atoms with van der Waals surface area (Å²) < 4.78 is 33.3. The van der Waals surface area contributed by atoms with Crippen molar-refractivity contribution in [3.8, 4) is 0 Å². The van der Waals surface area contributed by atoms with Crippen LogP contribution in [-0.4, -0.2) is 69.5 Å². The quantitative estimate of drug-likeness (QED) is 0.496. The first-order valence-electron chi connectivity index (χ1n) is 7.92. The summed E-state index contributed by atoms with van der Waals surface area (Å²) in [6.45, 7) is 0.463. The maximum atomic E-state index is 9.84. The van der Waals surface area contributed by atoms with Gasteiger partial charge >= 0.3 is 0 Å². The van der Waals surface area contributed by atoms with Gasteiger partial charge in [0.2, 0.25) is 0 Å². The molecule has 3 rings (SSSR count). The molecule has 7 heteroatoms. The second kappa shape index (κ2) is 7.88. The van der Waals surface area contributed by atoms with E-state index in [1.807, 2.05) is 30.3 Å². The number of aliphatic hydroxyl groups excluding tert-OH is 1. The minimum Gasteiger partial charge on any atom is -0.393 e. The largest absolute Gasteiger partial charge is 0.393 e. The molecular weight excluding hydrogens is 316 g/mol. The molecule has 5 atom stereocenters. The number of epoxide rings is 1. The number of rotatable bonds is 10. The van der Waals surface area contributed by atoms with E-state index in [1.165, 1.54) is 0 Å². The van der Waals surface area contributed by atoms with Gasteiger partial charge in [-0.1, -0.05) is 30.3 Å². The van der Waals surface area contributed by atoms with Gasteiger partial charge in [-0.25, -0.2) is 0 Å². The standard InChI is InChI=1S/C17H24O7/c1-19-10-22-13-14(23-11-20-2)16-17(9-18,24-16)15(13)21-8-12-6-4-3-5-7-12/h3-7,13-16,18H,8-11H2,1-2H3/t13-,14-,15+,16+,17-/m1/s1. The van der Waals surface area contributed by atoms with Crippen LogP contribution in [0.2, 0.25) is 0 Å². The molecule has 1 aromatic rings. The Morgan fingerprint density at radius 1 is 1.00 bits per heavy atom. The molecule has 0 amide bonds. The van der Waals surface area contributed by atoms with Crippen molar-refractivity contribution in [2.45, 2.75) is 36.6 Å². The number of aliphatic hydroxyl groups is 1. The first kappa shape index (κ1) is 17.8. The van der Waals surface area contributed by atoms with E-state index in [0.717, 1.165) is 5.56 Å². The molecule has 1 aliphatic carbocycles. The highest BCUT2D eigenvalue weighted by molar-refractivity contribution is 5.23. The van der Waals surface area contributed by atoms with Crippen LogP contribution in [-0.2, 0) is 35.0 Å². The molecule has 1 aromatic carbocycles. The van der Waals surface area contributed by atoms with Crippen LogP contribution in [0.3, 0.4) is 0 Å². The molecule has 1 heterocycles. The van der Waals surface area contributed by atoms with Crippen molar-refractivity contribution in [2.75, 3.05) is 34.4 Å². The Hall–Kier alpha value is -1.06. The van der Waals surface area contributed by atoms with Crippen LogP contribution in [0.15, 0.2) is 30.3 Å². The Morgan fingerprint density at radius 3 is 2.29 bits per heavy atom. The normalized spacial score (nSPS) is 34.3. The van der Waals surface area contributed by atoms with Crippen LogP contribution in [0.25, 0.3) is 0 Å². The van der Waals surface area contributed by atoms with Crippen molar-refractivity contribution in [1.82, 2.24) is 0 Å².